The van der Waals surface area contributed by atoms with E-state index < -0.39 is 0 Å². The van der Waals surface area contributed by atoms with Crippen LogP contribution in [0.5, 0.6) is 5.75 Å². The Bertz CT molecular complexity index is 815. The summed E-state index contributed by atoms with van der Waals surface area (Å²) in [5.41, 5.74) is 2.26. The average molecular weight is 389 g/mol. The van der Waals surface area contributed by atoms with Crippen molar-refractivity contribution in [3.63, 3.8) is 0 Å². The Morgan fingerprint density at radius 2 is 1.85 bits per heavy atom. The van der Waals surface area contributed by atoms with E-state index in [0.29, 0.717) is 13.2 Å². The highest BCUT2D eigenvalue weighted by Gasteiger charge is 2.08. The molecule has 0 atom stereocenters. The van der Waals surface area contributed by atoms with Gasteiger partial charge in [-0.25, -0.2) is 0 Å². The van der Waals surface area contributed by atoms with Gasteiger partial charge in [0.1, 0.15) is 12.4 Å². The van der Waals surface area contributed by atoms with Gasteiger partial charge in [-0.2, -0.15) is 0 Å². The van der Waals surface area contributed by atoms with Crippen molar-refractivity contribution in [3.8, 4) is 16.2 Å². The van der Waals surface area contributed by atoms with Crippen LogP contribution in [0.2, 0.25) is 5.02 Å². The summed E-state index contributed by atoms with van der Waals surface area (Å²) in [6, 6.07) is 20.0. The van der Waals surface area contributed by atoms with Gasteiger partial charge in [0, 0.05) is 11.9 Å². The van der Waals surface area contributed by atoms with Crippen molar-refractivity contribution in [1.82, 2.24) is 0 Å². The van der Waals surface area contributed by atoms with Gasteiger partial charge in [0.2, 0.25) is 0 Å². The molecule has 0 amide bonds. The smallest absolute Gasteiger partial charge is 0.302 e. The molecular formula is C21H21ClO3S. The van der Waals surface area contributed by atoms with Crippen LogP contribution in [0, 0.1) is 0 Å². The summed E-state index contributed by atoms with van der Waals surface area (Å²) in [7, 11) is 0. The molecule has 0 fully saturated rings. The van der Waals surface area contributed by atoms with Crippen LogP contribution in [0.1, 0.15) is 19.4 Å². The normalized spacial score (nSPS) is 9.81. The van der Waals surface area contributed by atoms with Crippen molar-refractivity contribution >= 4 is 28.9 Å². The van der Waals surface area contributed by atoms with Crippen molar-refractivity contribution in [2.45, 2.75) is 20.5 Å². The molecule has 0 N–H and O–H groups in total. The molecule has 3 rings (SSSR count). The Balaban J connectivity index is 0.000000352. The number of benzene rings is 2. The van der Waals surface area contributed by atoms with E-state index in [4.69, 9.17) is 16.3 Å². The average Bonchev–Trinajstić information content (AvgIpc) is 3.10. The van der Waals surface area contributed by atoms with Crippen LogP contribution in [0.4, 0.5) is 0 Å². The molecule has 26 heavy (non-hydrogen) atoms. The van der Waals surface area contributed by atoms with E-state index in [1.807, 2.05) is 53.9 Å². The largest absolute Gasteiger partial charge is 0.487 e. The summed E-state index contributed by atoms with van der Waals surface area (Å²) in [6.45, 7) is 4.23. The van der Waals surface area contributed by atoms with Gasteiger partial charge in [0.25, 0.3) is 0 Å². The fourth-order valence-corrected chi connectivity index (χ4v) is 3.21. The maximum atomic E-state index is 9.82. The van der Waals surface area contributed by atoms with Crippen LogP contribution in [-0.4, -0.2) is 12.6 Å². The highest BCUT2D eigenvalue weighted by molar-refractivity contribution is 7.14. The summed E-state index contributed by atoms with van der Waals surface area (Å²) < 4.78 is 10.3. The summed E-state index contributed by atoms with van der Waals surface area (Å²) in [6.07, 6.45) is 0. The summed E-state index contributed by atoms with van der Waals surface area (Å²) in [4.78, 5) is 10.9. The minimum atomic E-state index is -0.211. The molecule has 0 aliphatic carbocycles. The number of carbonyl (C=O) groups is 1. The van der Waals surface area contributed by atoms with Crippen molar-refractivity contribution in [2.24, 2.45) is 0 Å². The van der Waals surface area contributed by atoms with Crippen LogP contribution in [-0.2, 0) is 16.1 Å². The zero-order valence-corrected chi connectivity index (χ0v) is 16.3. The molecule has 3 nitrogen and oxygen atoms in total. The summed E-state index contributed by atoms with van der Waals surface area (Å²) in [5.74, 6) is 0.693. The van der Waals surface area contributed by atoms with Gasteiger partial charge < -0.3 is 9.47 Å². The first-order valence-electron chi connectivity index (χ1n) is 8.23. The summed E-state index contributed by atoms with van der Waals surface area (Å²) >= 11 is 7.71. The predicted octanol–water partition coefficient (Wildman–Crippen LogP) is 6.22. The van der Waals surface area contributed by atoms with Crippen LogP contribution >= 0.6 is 22.9 Å². The van der Waals surface area contributed by atoms with E-state index in [9.17, 15) is 4.79 Å². The molecule has 0 aliphatic heterocycles. The third-order valence-corrected chi connectivity index (χ3v) is 4.48. The van der Waals surface area contributed by atoms with Gasteiger partial charge in [-0.15, -0.1) is 11.3 Å². The van der Waals surface area contributed by atoms with E-state index in [-0.39, 0.29) is 5.97 Å². The van der Waals surface area contributed by atoms with Gasteiger partial charge in [-0.1, -0.05) is 54.1 Å². The van der Waals surface area contributed by atoms with Crippen LogP contribution in [0.3, 0.4) is 0 Å². The molecule has 1 aromatic heterocycles. The maximum absolute atomic E-state index is 9.82. The molecule has 0 spiro atoms. The first kappa shape index (κ1) is 20.0. The first-order valence-corrected chi connectivity index (χ1v) is 9.49. The number of ether oxygens (including phenoxy) is 2. The lowest BCUT2D eigenvalue weighted by atomic mass is 10.2. The molecule has 0 aliphatic rings. The number of halogens is 1. The molecular weight excluding hydrogens is 368 g/mol. The Morgan fingerprint density at radius 1 is 1.08 bits per heavy atom. The lowest BCUT2D eigenvalue weighted by Gasteiger charge is -2.07. The maximum Gasteiger partial charge on any atom is 0.302 e. The van der Waals surface area contributed by atoms with Crippen molar-refractivity contribution in [3.05, 3.63) is 76.6 Å². The number of thiophene rings is 1. The molecule has 1 heterocycles. The number of hydrogen-bond donors (Lipinski definition) is 0. The number of esters is 1. The summed E-state index contributed by atoms with van der Waals surface area (Å²) in [5, 5.41) is 2.78. The molecule has 0 radical (unpaired) electrons. The first-order chi connectivity index (χ1) is 12.6. The number of carbonyl (C=O) groups excluding carboxylic acids is 1. The van der Waals surface area contributed by atoms with E-state index >= 15 is 0 Å². The lowest BCUT2D eigenvalue weighted by molar-refractivity contribution is -0.140. The van der Waals surface area contributed by atoms with E-state index in [0.717, 1.165) is 26.8 Å². The quantitative estimate of drug-likeness (QED) is 0.487. The van der Waals surface area contributed by atoms with Crippen molar-refractivity contribution in [2.75, 3.05) is 6.61 Å². The zero-order valence-electron chi connectivity index (χ0n) is 14.8. The highest BCUT2D eigenvalue weighted by Crippen LogP contribution is 2.36. The Kier molecular flexibility index (Phi) is 8.19. The standard InChI is InChI=1S/C17H13ClOS.C4H8O2/c18-15-8-4-7-14(11-15)17-16(9-10-20-17)19-12-13-5-2-1-3-6-13;1-3-6-4(2)5/h1-11H,12H2;3H2,1-2H3. The Morgan fingerprint density at radius 3 is 2.46 bits per heavy atom. The van der Waals surface area contributed by atoms with Crippen LogP contribution in [0.15, 0.2) is 66.0 Å². The molecule has 2 aromatic carbocycles. The topological polar surface area (TPSA) is 35.5 Å². The molecule has 0 unspecified atom stereocenters. The van der Waals surface area contributed by atoms with Gasteiger partial charge in [0.15, 0.2) is 0 Å². The number of rotatable bonds is 5. The van der Waals surface area contributed by atoms with Gasteiger partial charge >= 0.3 is 5.97 Å². The Labute approximate surface area is 163 Å². The molecule has 5 heteroatoms. The molecule has 0 saturated carbocycles. The fraction of sp³-hybridized carbons (Fsp3) is 0.190. The highest BCUT2D eigenvalue weighted by atomic mass is 35.5. The second-order valence-corrected chi connectivity index (χ2v) is 6.68. The molecule has 136 valence electrons. The third kappa shape index (κ3) is 6.54. The number of hydrogen-bond acceptors (Lipinski definition) is 4. The minimum Gasteiger partial charge on any atom is -0.487 e. The van der Waals surface area contributed by atoms with Crippen LogP contribution in [0.25, 0.3) is 10.4 Å². The third-order valence-electron chi connectivity index (χ3n) is 3.30. The lowest BCUT2D eigenvalue weighted by Crippen LogP contribution is -1.95. The second kappa shape index (κ2) is 10.6. The van der Waals surface area contributed by atoms with Gasteiger partial charge in [-0.3, -0.25) is 4.79 Å². The minimum absolute atomic E-state index is 0.211. The fourth-order valence-electron chi connectivity index (χ4n) is 2.19. The Hall–Kier alpha value is -2.30. The van der Waals surface area contributed by atoms with Crippen LogP contribution < -0.4 is 4.74 Å². The second-order valence-electron chi connectivity index (χ2n) is 5.32. The van der Waals surface area contributed by atoms with Crippen molar-refractivity contribution < 1.29 is 14.3 Å². The van der Waals surface area contributed by atoms with E-state index in [1.165, 1.54) is 6.92 Å². The van der Waals surface area contributed by atoms with Gasteiger partial charge in [-0.05, 0) is 41.6 Å². The predicted molar refractivity (Wildman–Crippen MR) is 108 cm³/mol. The molecule has 0 bridgehead atoms. The van der Waals surface area contributed by atoms with E-state index in [2.05, 4.69) is 16.9 Å². The molecule has 0 saturated heterocycles. The van der Waals surface area contributed by atoms with Crippen molar-refractivity contribution in [1.29, 1.82) is 0 Å². The molecule has 3 aromatic rings. The monoisotopic (exact) mass is 388 g/mol. The SMILES string of the molecule is CCOC(C)=O.Clc1cccc(-c2sccc2OCc2ccccc2)c1. The van der Waals surface area contributed by atoms with Gasteiger partial charge in [0.05, 0.1) is 11.5 Å². The zero-order chi connectivity index (χ0) is 18.8. The van der Waals surface area contributed by atoms with E-state index in [1.54, 1.807) is 18.3 Å².